The van der Waals surface area contributed by atoms with Crippen molar-refractivity contribution in [1.82, 2.24) is 10.6 Å². The molecule has 1 saturated heterocycles. The quantitative estimate of drug-likeness (QED) is 0.796. The van der Waals surface area contributed by atoms with Crippen molar-refractivity contribution in [1.29, 1.82) is 0 Å². The van der Waals surface area contributed by atoms with Crippen molar-refractivity contribution in [3.63, 3.8) is 0 Å². The lowest BCUT2D eigenvalue weighted by atomic mass is 9.99. The fourth-order valence-electron chi connectivity index (χ4n) is 2.46. The van der Waals surface area contributed by atoms with Gasteiger partial charge in [0.25, 0.3) is 0 Å². The molecule has 1 spiro atoms. The first-order valence-corrected chi connectivity index (χ1v) is 6.02. The minimum absolute atomic E-state index is 0. The third-order valence-electron chi connectivity index (χ3n) is 4.13. The molecule has 2 rings (SSSR count). The fraction of sp³-hybridized carbons (Fsp3) is 0.917. The van der Waals surface area contributed by atoms with Crippen LogP contribution < -0.4 is 10.6 Å². The summed E-state index contributed by atoms with van der Waals surface area (Å²) in [5, 5.41) is 6.51. The van der Waals surface area contributed by atoms with Gasteiger partial charge in [-0.05, 0) is 45.1 Å². The van der Waals surface area contributed by atoms with Crippen molar-refractivity contribution < 1.29 is 4.79 Å². The van der Waals surface area contributed by atoms with Crippen molar-refractivity contribution >= 4 is 18.3 Å². The normalized spacial score (nSPS) is 32.3. The molecule has 1 saturated carbocycles. The van der Waals surface area contributed by atoms with E-state index in [1.165, 1.54) is 6.42 Å². The van der Waals surface area contributed by atoms with E-state index in [-0.39, 0.29) is 29.8 Å². The van der Waals surface area contributed by atoms with Gasteiger partial charge in [-0.2, -0.15) is 0 Å². The maximum absolute atomic E-state index is 12.0. The van der Waals surface area contributed by atoms with Crippen LogP contribution in [0.1, 0.15) is 40.0 Å². The predicted octanol–water partition coefficient (Wildman–Crippen LogP) is 1.71. The Morgan fingerprint density at radius 2 is 2.25 bits per heavy atom. The Labute approximate surface area is 104 Å². The van der Waals surface area contributed by atoms with Crippen LogP contribution in [-0.2, 0) is 4.79 Å². The predicted molar refractivity (Wildman–Crippen MR) is 67.8 cm³/mol. The molecule has 2 fully saturated rings. The highest BCUT2D eigenvalue weighted by atomic mass is 35.5. The van der Waals surface area contributed by atoms with Gasteiger partial charge in [-0.25, -0.2) is 0 Å². The third-order valence-corrected chi connectivity index (χ3v) is 4.13. The van der Waals surface area contributed by atoms with Crippen molar-refractivity contribution in [3.05, 3.63) is 0 Å². The van der Waals surface area contributed by atoms with Crippen LogP contribution >= 0.6 is 12.4 Å². The smallest absolute Gasteiger partial charge is 0.224 e. The molecule has 0 radical (unpaired) electrons. The van der Waals surface area contributed by atoms with E-state index in [0.717, 1.165) is 25.9 Å². The highest BCUT2D eigenvalue weighted by Crippen LogP contribution is 2.56. The van der Waals surface area contributed by atoms with Gasteiger partial charge in [-0.3, -0.25) is 4.79 Å². The van der Waals surface area contributed by atoms with Crippen molar-refractivity contribution in [3.8, 4) is 0 Å². The number of carbonyl (C=O) groups is 1. The molecule has 2 atom stereocenters. The molecule has 0 aromatic carbocycles. The summed E-state index contributed by atoms with van der Waals surface area (Å²) in [5.74, 6) is 0.545. The summed E-state index contributed by atoms with van der Waals surface area (Å²) in [6.07, 6.45) is 3.25. The summed E-state index contributed by atoms with van der Waals surface area (Å²) in [5.41, 5.74) is 0.279. The van der Waals surface area contributed by atoms with Crippen LogP contribution in [0.25, 0.3) is 0 Å². The van der Waals surface area contributed by atoms with Crippen LogP contribution in [0.5, 0.6) is 0 Å². The van der Waals surface area contributed by atoms with Crippen LogP contribution in [0.15, 0.2) is 0 Å². The zero-order chi connectivity index (χ0) is 11.1. The Morgan fingerprint density at radius 1 is 1.56 bits per heavy atom. The minimum atomic E-state index is -0.0487. The summed E-state index contributed by atoms with van der Waals surface area (Å²) in [7, 11) is 0. The van der Waals surface area contributed by atoms with Crippen LogP contribution in [-0.4, -0.2) is 24.5 Å². The SMILES string of the molecule is CCC(C)(C)NC(=O)C1CC12CCNC2.Cl. The number of halogens is 1. The highest BCUT2D eigenvalue weighted by Gasteiger charge is 2.59. The van der Waals surface area contributed by atoms with E-state index >= 15 is 0 Å². The maximum atomic E-state index is 12.0. The van der Waals surface area contributed by atoms with Gasteiger partial charge >= 0.3 is 0 Å². The number of hydrogen-bond acceptors (Lipinski definition) is 2. The molecule has 4 heteroatoms. The number of hydrogen-bond donors (Lipinski definition) is 2. The first kappa shape index (κ1) is 13.8. The lowest BCUT2D eigenvalue weighted by molar-refractivity contribution is -0.124. The van der Waals surface area contributed by atoms with Crippen molar-refractivity contribution in [2.75, 3.05) is 13.1 Å². The Kier molecular flexibility index (Phi) is 3.91. The molecule has 3 nitrogen and oxygen atoms in total. The molecule has 0 bridgehead atoms. The second kappa shape index (κ2) is 4.53. The second-order valence-corrected chi connectivity index (χ2v) is 5.77. The van der Waals surface area contributed by atoms with Gasteiger partial charge in [0, 0.05) is 18.0 Å². The van der Waals surface area contributed by atoms with Gasteiger partial charge in [0.15, 0.2) is 0 Å². The van der Waals surface area contributed by atoms with Crippen molar-refractivity contribution in [2.24, 2.45) is 11.3 Å². The molecule has 16 heavy (non-hydrogen) atoms. The number of carbonyl (C=O) groups excluding carboxylic acids is 1. The third kappa shape index (κ3) is 2.51. The van der Waals surface area contributed by atoms with E-state index in [2.05, 4.69) is 31.4 Å². The number of rotatable bonds is 3. The molecule has 94 valence electrons. The zero-order valence-corrected chi connectivity index (χ0v) is 11.2. The van der Waals surface area contributed by atoms with E-state index in [1.54, 1.807) is 0 Å². The van der Waals surface area contributed by atoms with E-state index < -0.39 is 0 Å². The maximum Gasteiger partial charge on any atom is 0.224 e. The van der Waals surface area contributed by atoms with Gasteiger partial charge in [0.05, 0.1) is 0 Å². The minimum Gasteiger partial charge on any atom is -0.351 e. The van der Waals surface area contributed by atoms with Gasteiger partial charge in [-0.1, -0.05) is 6.92 Å². The molecule has 2 N–H and O–H groups in total. The standard InChI is InChI=1S/C12H22N2O.ClH/c1-4-11(2,3)14-10(15)9-7-12(9)5-6-13-8-12;/h9,13H,4-8H2,1-3H3,(H,14,15);1H. The van der Waals surface area contributed by atoms with E-state index in [9.17, 15) is 4.79 Å². The van der Waals surface area contributed by atoms with E-state index in [0.29, 0.717) is 5.41 Å². The molecular formula is C12H23ClN2O. The molecule has 0 aromatic rings. The monoisotopic (exact) mass is 246 g/mol. The first-order chi connectivity index (χ1) is 6.99. The van der Waals surface area contributed by atoms with Gasteiger partial charge in [0.1, 0.15) is 0 Å². The molecule has 2 unspecified atom stereocenters. The Balaban J connectivity index is 0.00000128. The first-order valence-electron chi connectivity index (χ1n) is 6.02. The Hall–Kier alpha value is -0.280. The van der Waals surface area contributed by atoms with Crippen LogP contribution in [0.4, 0.5) is 0 Å². The number of nitrogens with one attached hydrogen (secondary N) is 2. The molecular weight excluding hydrogens is 224 g/mol. The zero-order valence-electron chi connectivity index (χ0n) is 10.4. The summed E-state index contributed by atoms with van der Waals surface area (Å²) < 4.78 is 0. The fourth-order valence-corrected chi connectivity index (χ4v) is 2.46. The second-order valence-electron chi connectivity index (χ2n) is 5.77. The number of amides is 1. The van der Waals surface area contributed by atoms with Gasteiger partial charge in [-0.15, -0.1) is 12.4 Å². The summed E-state index contributed by atoms with van der Waals surface area (Å²) in [4.78, 5) is 12.0. The molecule has 1 aliphatic carbocycles. The lowest BCUT2D eigenvalue weighted by Crippen LogP contribution is -2.44. The van der Waals surface area contributed by atoms with E-state index in [4.69, 9.17) is 0 Å². The topological polar surface area (TPSA) is 41.1 Å². The summed E-state index contributed by atoms with van der Waals surface area (Å²) >= 11 is 0. The lowest BCUT2D eigenvalue weighted by Gasteiger charge is -2.25. The van der Waals surface area contributed by atoms with Crippen molar-refractivity contribution in [2.45, 2.75) is 45.6 Å². The molecule has 2 aliphatic rings. The van der Waals surface area contributed by atoms with Crippen LogP contribution in [0.3, 0.4) is 0 Å². The molecule has 0 aromatic heterocycles. The van der Waals surface area contributed by atoms with E-state index in [1.807, 2.05) is 0 Å². The summed E-state index contributed by atoms with van der Waals surface area (Å²) in [6.45, 7) is 8.42. The average Bonchev–Trinajstić information content (AvgIpc) is 2.65. The average molecular weight is 247 g/mol. The van der Waals surface area contributed by atoms with Crippen LogP contribution in [0.2, 0.25) is 0 Å². The largest absolute Gasteiger partial charge is 0.351 e. The van der Waals surface area contributed by atoms with Gasteiger partial charge in [0.2, 0.25) is 5.91 Å². The van der Waals surface area contributed by atoms with Gasteiger partial charge < -0.3 is 10.6 Å². The van der Waals surface area contributed by atoms with Crippen LogP contribution in [0, 0.1) is 11.3 Å². The Morgan fingerprint density at radius 3 is 2.75 bits per heavy atom. The molecule has 1 amide bonds. The Bertz CT molecular complexity index is 272. The summed E-state index contributed by atoms with van der Waals surface area (Å²) in [6, 6.07) is 0. The molecule has 1 heterocycles. The highest BCUT2D eigenvalue weighted by molar-refractivity contribution is 5.85. The molecule has 1 aliphatic heterocycles.